The van der Waals surface area contributed by atoms with Crippen molar-refractivity contribution in [2.45, 2.75) is 38.0 Å². The van der Waals surface area contributed by atoms with Crippen LogP contribution in [0.15, 0.2) is 84.9 Å². The van der Waals surface area contributed by atoms with E-state index in [-0.39, 0.29) is 5.97 Å². The van der Waals surface area contributed by atoms with E-state index in [4.69, 9.17) is 18.9 Å². The van der Waals surface area contributed by atoms with Gasteiger partial charge in [-0.1, -0.05) is 48.5 Å². The zero-order chi connectivity index (χ0) is 29.1. The Morgan fingerprint density at radius 3 is 2.57 bits per heavy atom. The minimum atomic E-state index is -0.316. The number of piperidine rings is 1. The highest BCUT2D eigenvalue weighted by molar-refractivity contribution is 5.95. The number of benzene rings is 4. The summed E-state index contributed by atoms with van der Waals surface area (Å²) in [6, 6.07) is 28.9. The van der Waals surface area contributed by atoms with Gasteiger partial charge in [0.25, 0.3) is 0 Å². The molecular formula is C35H40N2O5. The van der Waals surface area contributed by atoms with Crippen molar-refractivity contribution in [1.29, 1.82) is 0 Å². The average molecular weight is 569 g/mol. The van der Waals surface area contributed by atoms with E-state index < -0.39 is 0 Å². The second-order valence-corrected chi connectivity index (χ2v) is 10.6. The first-order valence-electron chi connectivity index (χ1n) is 14.6. The summed E-state index contributed by atoms with van der Waals surface area (Å²) >= 11 is 0. The quantitative estimate of drug-likeness (QED) is 0.155. The molecule has 1 fully saturated rings. The van der Waals surface area contributed by atoms with Crippen molar-refractivity contribution in [3.05, 3.63) is 107 Å². The molecule has 220 valence electrons. The predicted octanol–water partition coefficient (Wildman–Crippen LogP) is 5.86. The lowest BCUT2D eigenvalue weighted by Crippen LogP contribution is -2.47. The molecule has 0 unspecified atom stereocenters. The van der Waals surface area contributed by atoms with Gasteiger partial charge in [0.1, 0.15) is 11.5 Å². The van der Waals surface area contributed by atoms with Crippen molar-refractivity contribution >= 4 is 16.7 Å². The molecule has 4 aromatic carbocycles. The number of rotatable bonds is 13. The molecule has 1 saturated heterocycles. The summed E-state index contributed by atoms with van der Waals surface area (Å²) in [6.45, 7) is 4.48. The van der Waals surface area contributed by atoms with E-state index in [2.05, 4.69) is 53.1 Å². The first-order chi connectivity index (χ1) is 20.6. The van der Waals surface area contributed by atoms with Crippen LogP contribution in [0.5, 0.6) is 11.5 Å². The van der Waals surface area contributed by atoms with E-state index in [1.54, 1.807) is 7.11 Å². The van der Waals surface area contributed by atoms with Crippen molar-refractivity contribution < 1.29 is 23.7 Å². The summed E-state index contributed by atoms with van der Waals surface area (Å²) in [5, 5.41) is 9.47. The van der Waals surface area contributed by atoms with Gasteiger partial charge < -0.3 is 29.6 Å². The molecule has 7 heteroatoms. The first kappa shape index (κ1) is 29.6. The maximum atomic E-state index is 11.9. The number of ether oxygens (including phenoxy) is 4. The minimum Gasteiger partial charge on any atom is -0.496 e. The first-order valence-corrected chi connectivity index (χ1v) is 14.6. The zero-order valence-corrected chi connectivity index (χ0v) is 24.4. The van der Waals surface area contributed by atoms with E-state index in [0.717, 1.165) is 60.3 Å². The molecule has 4 aromatic rings. The van der Waals surface area contributed by atoms with Crippen LogP contribution in [0, 0.1) is 0 Å². The van der Waals surface area contributed by atoms with Gasteiger partial charge in [0.2, 0.25) is 0 Å². The van der Waals surface area contributed by atoms with Crippen LogP contribution in [0.1, 0.15) is 45.8 Å². The van der Waals surface area contributed by atoms with Crippen LogP contribution in [-0.2, 0) is 22.6 Å². The number of esters is 1. The number of nitrogens with one attached hydrogen (secondary N) is 2. The molecule has 0 bridgehead atoms. The van der Waals surface area contributed by atoms with Crippen LogP contribution in [0.4, 0.5) is 0 Å². The zero-order valence-electron chi connectivity index (χ0n) is 24.4. The predicted molar refractivity (Wildman–Crippen MR) is 165 cm³/mol. The van der Waals surface area contributed by atoms with Crippen molar-refractivity contribution in [1.82, 2.24) is 10.6 Å². The Morgan fingerprint density at radius 2 is 1.74 bits per heavy atom. The highest BCUT2D eigenvalue weighted by Crippen LogP contribution is 2.28. The van der Waals surface area contributed by atoms with E-state index in [0.29, 0.717) is 37.3 Å². The monoisotopic (exact) mass is 568 g/mol. The molecule has 2 atom stereocenters. The number of hydrogen-bond donors (Lipinski definition) is 2. The molecule has 1 aliphatic rings. The molecule has 1 aliphatic heterocycles. The molecule has 5 rings (SSSR count). The fraction of sp³-hybridized carbons (Fsp3) is 0.343. The third-order valence-corrected chi connectivity index (χ3v) is 7.84. The number of para-hydroxylation sites is 1. The Labute approximate surface area is 248 Å². The SMILES string of the molecule is COC(=O)c1ccc2cc(CN[C@@H]3CNCC[C@@H]3c3ccc(OCCCOCc4ccccc4OC)cc3)ccc2c1. The van der Waals surface area contributed by atoms with Crippen molar-refractivity contribution in [2.24, 2.45) is 0 Å². The standard InChI is InChI=1S/C35H40N2O5/c1-39-34-7-4-3-6-30(34)24-41-18-5-19-42-31-14-12-26(13-15-31)32-16-17-36-23-33(32)37-22-25-8-9-28-21-29(35(38)40-2)11-10-27(28)20-25/h3-4,6-15,20-21,32-33,36-37H,5,16-19,22-24H2,1-2H3/t32-,33-/m1/s1. The van der Waals surface area contributed by atoms with Crippen LogP contribution < -0.4 is 20.1 Å². The molecule has 0 radical (unpaired) electrons. The average Bonchev–Trinajstić information content (AvgIpc) is 3.05. The van der Waals surface area contributed by atoms with Crippen molar-refractivity contribution in [2.75, 3.05) is 40.5 Å². The molecule has 7 nitrogen and oxygen atoms in total. The number of fused-ring (bicyclic) bond motifs is 1. The van der Waals surface area contributed by atoms with Crippen molar-refractivity contribution in [3.63, 3.8) is 0 Å². The molecular weight excluding hydrogens is 528 g/mol. The Bertz CT molecular complexity index is 1460. The topological polar surface area (TPSA) is 78.1 Å². The molecule has 0 spiro atoms. The highest BCUT2D eigenvalue weighted by atomic mass is 16.5. The van der Waals surface area contributed by atoms with Gasteiger partial charge in [-0.25, -0.2) is 4.79 Å². The minimum absolute atomic E-state index is 0.316. The molecule has 0 amide bonds. The van der Waals surface area contributed by atoms with Gasteiger partial charge in [-0.05, 0) is 71.3 Å². The van der Waals surface area contributed by atoms with Gasteiger partial charge in [0.15, 0.2) is 0 Å². The Hall–Kier alpha value is -3.91. The maximum Gasteiger partial charge on any atom is 0.337 e. The summed E-state index contributed by atoms with van der Waals surface area (Å²) in [5.41, 5.74) is 4.16. The maximum absolute atomic E-state index is 11.9. The van der Waals surface area contributed by atoms with Gasteiger partial charge in [-0.15, -0.1) is 0 Å². The van der Waals surface area contributed by atoms with Gasteiger partial charge in [0, 0.05) is 37.0 Å². The lowest BCUT2D eigenvalue weighted by Gasteiger charge is -2.33. The summed E-state index contributed by atoms with van der Waals surface area (Å²) in [7, 11) is 3.08. The smallest absolute Gasteiger partial charge is 0.337 e. The third kappa shape index (κ3) is 7.68. The fourth-order valence-electron chi connectivity index (χ4n) is 5.54. The van der Waals surface area contributed by atoms with Crippen LogP contribution in [0.3, 0.4) is 0 Å². The van der Waals surface area contributed by atoms with E-state index >= 15 is 0 Å². The third-order valence-electron chi connectivity index (χ3n) is 7.84. The van der Waals surface area contributed by atoms with Gasteiger partial charge >= 0.3 is 5.97 Å². The summed E-state index contributed by atoms with van der Waals surface area (Å²) < 4.78 is 22.0. The van der Waals surface area contributed by atoms with Crippen LogP contribution in [0.25, 0.3) is 10.8 Å². The largest absolute Gasteiger partial charge is 0.496 e. The number of methoxy groups -OCH3 is 2. The molecule has 0 aliphatic carbocycles. The summed E-state index contributed by atoms with van der Waals surface area (Å²) in [4.78, 5) is 11.9. The fourth-order valence-corrected chi connectivity index (χ4v) is 5.54. The van der Waals surface area contributed by atoms with Crippen LogP contribution in [-0.4, -0.2) is 52.5 Å². The Morgan fingerprint density at radius 1 is 0.929 bits per heavy atom. The number of carbonyl (C=O) groups excluding carboxylic acids is 1. The molecule has 2 N–H and O–H groups in total. The normalized spacial score (nSPS) is 16.7. The van der Waals surface area contributed by atoms with E-state index in [1.807, 2.05) is 42.5 Å². The van der Waals surface area contributed by atoms with Crippen LogP contribution in [0.2, 0.25) is 0 Å². The van der Waals surface area contributed by atoms with Crippen LogP contribution >= 0.6 is 0 Å². The summed E-state index contributed by atoms with van der Waals surface area (Å²) in [6.07, 6.45) is 1.90. The van der Waals surface area contributed by atoms with E-state index in [1.165, 1.54) is 18.2 Å². The molecule has 1 heterocycles. The molecule has 0 aromatic heterocycles. The Balaban J connectivity index is 1.09. The number of hydrogen-bond acceptors (Lipinski definition) is 7. The van der Waals surface area contributed by atoms with Gasteiger partial charge in [-0.2, -0.15) is 0 Å². The lowest BCUT2D eigenvalue weighted by atomic mass is 9.86. The second-order valence-electron chi connectivity index (χ2n) is 10.6. The second kappa shape index (κ2) is 14.8. The lowest BCUT2D eigenvalue weighted by molar-refractivity contribution is 0.0601. The highest BCUT2D eigenvalue weighted by Gasteiger charge is 2.26. The summed E-state index contributed by atoms with van der Waals surface area (Å²) in [5.74, 6) is 1.84. The van der Waals surface area contributed by atoms with Crippen molar-refractivity contribution in [3.8, 4) is 11.5 Å². The molecule has 0 saturated carbocycles. The molecule has 42 heavy (non-hydrogen) atoms. The van der Waals surface area contributed by atoms with Gasteiger partial charge in [-0.3, -0.25) is 0 Å². The van der Waals surface area contributed by atoms with E-state index in [9.17, 15) is 4.79 Å². The number of carbonyl (C=O) groups is 1. The Kier molecular flexibility index (Phi) is 10.4. The van der Waals surface area contributed by atoms with Gasteiger partial charge in [0.05, 0.1) is 39.6 Å².